The largest absolute Gasteiger partial charge is 0.465 e. The van der Waals surface area contributed by atoms with Crippen LogP contribution in [0, 0.1) is 0 Å². The van der Waals surface area contributed by atoms with E-state index in [4.69, 9.17) is 9.47 Å². The molecule has 1 N–H and O–H groups in total. The molecule has 2 aromatic rings. The summed E-state index contributed by atoms with van der Waals surface area (Å²) in [6, 6.07) is 8.62. The first kappa shape index (κ1) is 20.6. The van der Waals surface area contributed by atoms with E-state index in [1.165, 1.54) is 32.3 Å². The molecular weight excluding hydrogens is 390 g/mol. The first-order valence-corrected chi connectivity index (χ1v) is 8.79. The smallest absolute Gasteiger partial charge is 0.356 e. The van der Waals surface area contributed by atoms with Gasteiger partial charge in [0, 0.05) is 17.5 Å². The first-order chi connectivity index (χ1) is 14.5. The minimum Gasteiger partial charge on any atom is -0.465 e. The molecule has 154 valence electrons. The maximum Gasteiger partial charge on any atom is 0.356 e. The van der Waals surface area contributed by atoms with Crippen LogP contribution in [0.2, 0.25) is 0 Å². The SMILES string of the molecule is COC(=O)C1=C(C(=O)OC)N(c2cccc(-c3cc(C(=O)OC)[nH]n3)c2)C=CC=C1. The second-order valence-corrected chi connectivity index (χ2v) is 6.02. The fourth-order valence-corrected chi connectivity index (χ4v) is 2.86. The van der Waals surface area contributed by atoms with Gasteiger partial charge < -0.3 is 19.1 Å². The highest BCUT2D eigenvalue weighted by Crippen LogP contribution is 2.29. The Balaban J connectivity index is 2.08. The van der Waals surface area contributed by atoms with E-state index in [2.05, 4.69) is 14.9 Å². The number of hydrogen-bond acceptors (Lipinski definition) is 8. The van der Waals surface area contributed by atoms with Crippen molar-refractivity contribution in [2.24, 2.45) is 0 Å². The van der Waals surface area contributed by atoms with E-state index in [0.717, 1.165) is 0 Å². The standard InChI is InChI=1S/C21H19N3O6/c1-28-19(25)15-9-4-5-10-24(18(15)21(27)30-3)14-8-6-7-13(11-14)16-12-17(23-22-16)20(26)29-2/h4-12H,1-3H3,(H,22,23). The van der Waals surface area contributed by atoms with Crippen molar-refractivity contribution in [3.05, 3.63) is 71.7 Å². The number of carbonyl (C=O) groups excluding carboxylic acids is 3. The Bertz CT molecular complexity index is 1080. The van der Waals surface area contributed by atoms with Gasteiger partial charge in [0.1, 0.15) is 11.4 Å². The summed E-state index contributed by atoms with van der Waals surface area (Å²) >= 11 is 0. The maximum absolute atomic E-state index is 12.5. The third kappa shape index (κ3) is 4.00. The number of aromatic amines is 1. The van der Waals surface area contributed by atoms with Crippen LogP contribution in [0.4, 0.5) is 5.69 Å². The number of methoxy groups -OCH3 is 3. The Morgan fingerprint density at radius 1 is 0.933 bits per heavy atom. The van der Waals surface area contributed by atoms with Crippen LogP contribution in [0.15, 0.2) is 66.0 Å². The summed E-state index contributed by atoms with van der Waals surface area (Å²) in [6.07, 6.45) is 6.40. The molecule has 1 aliphatic rings. The Kier molecular flexibility index (Phi) is 6.11. The second-order valence-electron chi connectivity index (χ2n) is 6.02. The third-order valence-corrected chi connectivity index (χ3v) is 4.29. The number of hydrogen-bond donors (Lipinski definition) is 1. The number of allylic oxidation sites excluding steroid dienone is 2. The summed E-state index contributed by atoms with van der Waals surface area (Å²) in [4.78, 5) is 38.0. The summed E-state index contributed by atoms with van der Waals surface area (Å²) in [5, 5.41) is 6.76. The normalized spacial score (nSPS) is 13.1. The molecule has 0 amide bonds. The Morgan fingerprint density at radius 3 is 2.37 bits per heavy atom. The number of nitrogens with zero attached hydrogens (tertiary/aromatic N) is 2. The summed E-state index contributed by atoms with van der Waals surface area (Å²) in [7, 11) is 3.75. The molecule has 2 heterocycles. The molecule has 0 atom stereocenters. The molecule has 0 fully saturated rings. The topological polar surface area (TPSA) is 111 Å². The zero-order valence-corrected chi connectivity index (χ0v) is 16.5. The van der Waals surface area contributed by atoms with Gasteiger partial charge >= 0.3 is 17.9 Å². The van der Waals surface area contributed by atoms with Crippen LogP contribution in [0.5, 0.6) is 0 Å². The molecule has 0 unspecified atom stereocenters. The number of carbonyl (C=O) groups is 3. The van der Waals surface area contributed by atoms with Gasteiger partial charge in [-0.3, -0.25) is 5.10 Å². The van der Waals surface area contributed by atoms with Crippen LogP contribution in [0.3, 0.4) is 0 Å². The molecular formula is C21H19N3O6. The van der Waals surface area contributed by atoms with Gasteiger partial charge in [0.2, 0.25) is 0 Å². The lowest BCUT2D eigenvalue weighted by Gasteiger charge is -2.23. The van der Waals surface area contributed by atoms with Gasteiger partial charge in [0.25, 0.3) is 0 Å². The molecule has 9 nitrogen and oxygen atoms in total. The molecule has 0 aliphatic carbocycles. The maximum atomic E-state index is 12.5. The van der Waals surface area contributed by atoms with Gasteiger partial charge in [0.15, 0.2) is 0 Å². The van der Waals surface area contributed by atoms with Crippen molar-refractivity contribution >= 4 is 23.6 Å². The van der Waals surface area contributed by atoms with Gasteiger partial charge in [-0.1, -0.05) is 18.2 Å². The monoisotopic (exact) mass is 409 g/mol. The lowest BCUT2D eigenvalue weighted by molar-refractivity contribution is -0.139. The number of rotatable bonds is 5. The van der Waals surface area contributed by atoms with Gasteiger partial charge in [0.05, 0.1) is 32.6 Å². The molecule has 0 saturated heterocycles. The minimum atomic E-state index is -0.704. The highest BCUT2D eigenvalue weighted by atomic mass is 16.5. The zero-order valence-electron chi connectivity index (χ0n) is 16.5. The van der Waals surface area contributed by atoms with E-state index < -0.39 is 17.9 Å². The van der Waals surface area contributed by atoms with Crippen molar-refractivity contribution in [2.75, 3.05) is 26.2 Å². The average molecular weight is 409 g/mol. The predicted octanol–water partition coefficient (Wildman–Crippen LogP) is 2.35. The van der Waals surface area contributed by atoms with E-state index >= 15 is 0 Å². The lowest BCUT2D eigenvalue weighted by atomic mass is 10.1. The fraction of sp³-hybridized carbons (Fsp3) is 0.143. The highest BCUT2D eigenvalue weighted by Gasteiger charge is 2.27. The number of ether oxygens (including phenoxy) is 3. The van der Waals surface area contributed by atoms with E-state index in [1.807, 2.05) is 0 Å². The van der Waals surface area contributed by atoms with E-state index in [-0.39, 0.29) is 17.0 Å². The van der Waals surface area contributed by atoms with Crippen molar-refractivity contribution in [1.82, 2.24) is 10.2 Å². The number of nitrogens with one attached hydrogen (secondary N) is 1. The van der Waals surface area contributed by atoms with Crippen LogP contribution in [-0.4, -0.2) is 49.4 Å². The molecule has 0 bridgehead atoms. The van der Waals surface area contributed by atoms with Crippen LogP contribution in [0.25, 0.3) is 11.3 Å². The molecule has 1 aliphatic heterocycles. The molecule has 1 aromatic carbocycles. The van der Waals surface area contributed by atoms with Crippen LogP contribution < -0.4 is 4.90 Å². The van der Waals surface area contributed by atoms with Gasteiger partial charge in [-0.05, 0) is 30.4 Å². The molecule has 0 radical (unpaired) electrons. The van der Waals surface area contributed by atoms with Gasteiger partial charge in [-0.15, -0.1) is 0 Å². The first-order valence-electron chi connectivity index (χ1n) is 8.79. The molecule has 9 heteroatoms. The molecule has 1 aromatic heterocycles. The molecule has 30 heavy (non-hydrogen) atoms. The Hall–Kier alpha value is -4.14. The summed E-state index contributed by atoms with van der Waals surface area (Å²) in [5.74, 6) is -1.92. The summed E-state index contributed by atoms with van der Waals surface area (Å²) in [6.45, 7) is 0. The second kappa shape index (κ2) is 8.91. The van der Waals surface area contributed by atoms with Crippen molar-refractivity contribution in [3.8, 4) is 11.3 Å². The molecule has 0 saturated carbocycles. The minimum absolute atomic E-state index is 0.00350. The molecule has 0 spiro atoms. The molecule has 3 rings (SSSR count). The van der Waals surface area contributed by atoms with Crippen molar-refractivity contribution in [1.29, 1.82) is 0 Å². The van der Waals surface area contributed by atoms with E-state index in [1.54, 1.807) is 48.7 Å². The van der Waals surface area contributed by atoms with Crippen molar-refractivity contribution in [3.63, 3.8) is 0 Å². The van der Waals surface area contributed by atoms with Gasteiger partial charge in [-0.25, -0.2) is 14.4 Å². The number of H-pyrrole nitrogens is 1. The Morgan fingerprint density at radius 2 is 1.67 bits per heavy atom. The fourth-order valence-electron chi connectivity index (χ4n) is 2.86. The number of aromatic nitrogens is 2. The number of anilines is 1. The number of esters is 3. The van der Waals surface area contributed by atoms with Crippen LogP contribution in [0.1, 0.15) is 10.5 Å². The summed E-state index contributed by atoms with van der Waals surface area (Å²) in [5.41, 5.74) is 2.01. The quantitative estimate of drug-likeness (QED) is 0.592. The number of benzene rings is 1. The van der Waals surface area contributed by atoms with E-state index in [9.17, 15) is 14.4 Å². The average Bonchev–Trinajstić information content (AvgIpc) is 3.17. The van der Waals surface area contributed by atoms with Crippen molar-refractivity contribution < 1.29 is 28.6 Å². The highest BCUT2D eigenvalue weighted by molar-refractivity contribution is 6.05. The Labute approximate surface area is 172 Å². The predicted molar refractivity (Wildman–Crippen MR) is 107 cm³/mol. The van der Waals surface area contributed by atoms with Crippen LogP contribution >= 0.6 is 0 Å². The van der Waals surface area contributed by atoms with Gasteiger partial charge in [-0.2, -0.15) is 5.10 Å². The van der Waals surface area contributed by atoms with Crippen molar-refractivity contribution in [2.45, 2.75) is 0 Å². The van der Waals surface area contributed by atoms with E-state index in [0.29, 0.717) is 16.9 Å². The van der Waals surface area contributed by atoms with Crippen LogP contribution in [-0.2, 0) is 23.8 Å². The third-order valence-electron chi connectivity index (χ3n) is 4.29. The lowest BCUT2D eigenvalue weighted by Crippen LogP contribution is -2.26. The zero-order chi connectivity index (χ0) is 21.7. The summed E-state index contributed by atoms with van der Waals surface area (Å²) < 4.78 is 14.4.